The number of carbonyl (C=O) groups is 1. The van der Waals surface area contributed by atoms with E-state index in [4.69, 9.17) is 5.26 Å². The van der Waals surface area contributed by atoms with Crippen molar-refractivity contribution in [3.8, 4) is 6.07 Å². The Hall–Kier alpha value is -1.93. The molecule has 3 rings (SSSR count). The lowest BCUT2D eigenvalue weighted by molar-refractivity contribution is -0.119. The van der Waals surface area contributed by atoms with E-state index in [-0.39, 0.29) is 5.91 Å². The van der Waals surface area contributed by atoms with Crippen molar-refractivity contribution in [1.82, 2.24) is 4.98 Å². The van der Waals surface area contributed by atoms with Crippen LogP contribution in [-0.4, -0.2) is 10.9 Å². The molecule has 1 saturated carbocycles. The maximum atomic E-state index is 11.9. The summed E-state index contributed by atoms with van der Waals surface area (Å²) >= 11 is 1.53. The van der Waals surface area contributed by atoms with Gasteiger partial charge in [-0.05, 0) is 31.0 Å². The summed E-state index contributed by atoms with van der Waals surface area (Å²) < 4.78 is 1.03. The Bertz CT molecular complexity index is 636. The van der Waals surface area contributed by atoms with Crippen LogP contribution in [0.25, 0.3) is 10.2 Å². The molecule has 1 aliphatic rings. The molecular formula is C12H9N3OS. The lowest BCUT2D eigenvalue weighted by Gasteiger charge is -2.07. The summed E-state index contributed by atoms with van der Waals surface area (Å²) in [4.78, 5) is 16.0. The predicted octanol–water partition coefficient (Wildman–Crippen LogP) is 2.54. The Morgan fingerprint density at radius 1 is 1.53 bits per heavy atom. The van der Waals surface area contributed by atoms with Crippen molar-refractivity contribution < 1.29 is 4.79 Å². The summed E-state index contributed by atoms with van der Waals surface area (Å²) in [6, 6.07) is 7.65. The van der Waals surface area contributed by atoms with Gasteiger partial charge in [0.15, 0.2) is 0 Å². The van der Waals surface area contributed by atoms with Crippen molar-refractivity contribution in [3.05, 3.63) is 23.7 Å². The van der Waals surface area contributed by atoms with Crippen LogP contribution in [-0.2, 0) is 4.79 Å². The zero-order chi connectivity index (χ0) is 11.9. The fourth-order valence-corrected chi connectivity index (χ4v) is 2.41. The van der Waals surface area contributed by atoms with Crippen molar-refractivity contribution in [2.24, 2.45) is 5.41 Å². The zero-order valence-corrected chi connectivity index (χ0v) is 9.75. The number of thiazole rings is 1. The van der Waals surface area contributed by atoms with Crippen LogP contribution >= 0.6 is 11.3 Å². The third kappa shape index (κ3) is 1.67. The summed E-state index contributed by atoms with van der Waals surface area (Å²) in [6.45, 7) is 0. The normalized spacial score (nSPS) is 16.4. The highest BCUT2D eigenvalue weighted by Crippen LogP contribution is 2.45. The third-order valence-corrected chi connectivity index (χ3v) is 3.78. The molecule has 1 amide bonds. The fraction of sp³-hybridized carbons (Fsp3) is 0.250. The van der Waals surface area contributed by atoms with Gasteiger partial charge in [0.1, 0.15) is 5.41 Å². The molecule has 1 heterocycles. The van der Waals surface area contributed by atoms with E-state index in [1.807, 2.05) is 18.2 Å². The topological polar surface area (TPSA) is 65.8 Å². The van der Waals surface area contributed by atoms with Gasteiger partial charge in [0, 0.05) is 5.69 Å². The number of amides is 1. The van der Waals surface area contributed by atoms with Crippen molar-refractivity contribution in [2.45, 2.75) is 12.8 Å². The first kappa shape index (κ1) is 10.2. The molecule has 5 heteroatoms. The monoisotopic (exact) mass is 243 g/mol. The highest BCUT2D eigenvalue weighted by atomic mass is 32.1. The minimum Gasteiger partial charge on any atom is -0.325 e. The quantitative estimate of drug-likeness (QED) is 0.881. The number of hydrogen-bond donors (Lipinski definition) is 1. The second-order valence-electron chi connectivity index (χ2n) is 4.18. The maximum absolute atomic E-state index is 11.9. The fourth-order valence-electron chi connectivity index (χ4n) is 1.70. The molecule has 0 saturated heterocycles. The number of hydrogen-bond acceptors (Lipinski definition) is 4. The first-order chi connectivity index (χ1) is 8.23. The summed E-state index contributed by atoms with van der Waals surface area (Å²) in [5, 5.41) is 11.7. The van der Waals surface area contributed by atoms with E-state index in [0.29, 0.717) is 12.8 Å². The SMILES string of the molecule is N#CC1(C(=O)Nc2ccc3ncsc3c2)CC1. The van der Waals surface area contributed by atoms with E-state index in [1.54, 1.807) is 5.51 Å². The Balaban J connectivity index is 1.85. The molecule has 84 valence electrons. The Labute approximate surface area is 102 Å². The van der Waals surface area contributed by atoms with Gasteiger partial charge < -0.3 is 5.32 Å². The van der Waals surface area contributed by atoms with E-state index in [2.05, 4.69) is 16.4 Å². The first-order valence-corrected chi connectivity index (χ1v) is 6.17. The minimum atomic E-state index is -0.775. The highest BCUT2D eigenvalue weighted by Gasteiger charge is 2.50. The van der Waals surface area contributed by atoms with Crippen LogP contribution in [0, 0.1) is 16.7 Å². The summed E-state index contributed by atoms with van der Waals surface area (Å²) in [7, 11) is 0. The molecule has 2 aromatic rings. The second kappa shape index (κ2) is 3.54. The van der Waals surface area contributed by atoms with Crippen molar-refractivity contribution in [2.75, 3.05) is 5.32 Å². The average Bonchev–Trinajstić information content (AvgIpc) is 3.01. The molecular weight excluding hydrogens is 234 g/mol. The molecule has 17 heavy (non-hydrogen) atoms. The number of rotatable bonds is 2. The van der Waals surface area contributed by atoms with Crippen LogP contribution in [0.3, 0.4) is 0 Å². The molecule has 0 radical (unpaired) electrons. The van der Waals surface area contributed by atoms with Crippen LogP contribution in [0.1, 0.15) is 12.8 Å². The lowest BCUT2D eigenvalue weighted by Crippen LogP contribution is -2.22. The molecule has 0 spiro atoms. The molecule has 1 aromatic heterocycles. The van der Waals surface area contributed by atoms with E-state index in [1.165, 1.54) is 11.3 Å². The smallest absolute Gasteiger partial charge is 0.244 e. The van der Waals surface area contributed by atoms with E-state index in [9.17, 15) is 4.79 Å². The summed E-state index contributed by atoms with van der Waals surface area (Å²) in [5.74, 6) is -0.191. The Morgan fingerprint density at radius 3 is 3.06 bits per heavy atom. The van der Waals surface area contributed by atoms with Gasteiger partial charge in [-0.2, -0.15) is 5.26 Å². The highest BCUT2D eigenvalue weighted by molar-refractivity contribution is 7.16. The number of nitrogens with zero attached hydrogens (tertiary/aromatic N) is 2. The number of nitrogens with one attached hydrogen (secondary N) is 1. The van der Waals surface area contributed by atoms with E-state index < -0.39 is 5.41 Å². The molecule has 1 N–H and O–H groups in total. The standard InChI is InChI=1S/C12H9N3OS/c13-6-12(3-4-12)11(16)15-8-1-2-9-10(5-8)17-7-14-9/h1-2,5,7H,3-4H2,(H,15,16). The third-order valence-electron chi connectivity index (χ3n) is 2.99. The number of fused-ring (bicyclic) bond motifs is 1. The average molecular weight is 243 g/mol. The van der Waals surface area contributed by atoms with Gasteiger partial charge in [0.05, 0.1) is 21.8 Å². The Kier molecular flexibility index (Phi) is 2.13. The Morgan fingerprint density at radius 2 is 2.35 bits per heavy atom. The number of carbonyl (C=O) groups excluding carboxylic acids is 1. The van der Waals surface area contributed by atoms with Crippen LogP contribution in [0.5, 0.6) is 0 Å². The van der Waals surface area contributed by atoms with Gasteiger partial charge >= 0.3 is 0 Å². The zero-order valence-electron chi connectivity index (χ0n) is 8.93. The molecule has 1 aliphatic carbocycles. The number of anilines is 1. The van der Waals surface area contributed by atoms with Gasteiger partial charge in [-0.25, -0.2) is 4.98 Å². The summed E-state index contributed by atoms with van der Waals surface area (Å²) in [5.41, 5.74) is 2.65. The van der Waals surface area contributed by atoms with E-state index >= 15 is 0 Å². The van der Waals surface area contributed by atoms with E-state index in [0.717, 1.165) is 15.9 Å². The molecule has 1 fully saturated rings. The van der Waals surface area contributed by atoms with Gasteiger partial charge in [0.25, 0.3) is 0 Å². The number of nitriles is 1. The molecule has 0 unspecified atom stereocenters. The van der Waals surface area contributed by atoms with Gasteiger partial charge in [-0.3, -0.25) is 4.79 Å². The summed E-state index contributed by atoms with van der Waals surface area (Å²) in [6.07, 6.45) is 1.33. The minimum absolute atomic E-state index is 0.191. The molecule has 0 bridgehead atoms. The van der Waals surface area contributed by atoms with Crippen LogP contribution < -0.4 is 5.32 Å². The lowest BCUT2D eigenvalue weighted by atomic mass is 10.1. The largest absolute Gasteiger partial charge is 0.325 e. The van der Waals surface area contributed by atoms with Gasteiger partial charge in [-0.15, -0.1) is 11.3 Å². The molecule has 0 aliphatic heterocycles. The van der Waals surface area contributed by atoms with Crippen LogP contribution in [0.2, 0.25) is 0 Å². The van der Waals surface area contributed by atoms with Gasteiger partial charge in [0.2, 0.25) is 5.91 Å². The van der Waals surface area contributed by atoms with Crippen molar-refractivity contribution >= 4 is 33.1 Å². The van der Waals surface area contributed by atoms with Crippen LogP contribution in [0.4, 0.5) is 5.69 Å². The molecule has 0 atom stereocenters. The van der Waals surface area contributed by atoms with Crippen molar-refractivity contribution in [3.63, 3.8) is 0 Å². The predicted molar refractivity (Wildman–Crippen MR) is 65.5 cm³/mol. The van der Waals surface area contributed by atoms with Crippen molar-refractivity contribution in [1.29, 1.82) is 5.26 Å². The maximum Gasteiger partial charge on any atom is 0.244 e. The molecule has 1 aromatic carbocycles. The first-order valence-electron chi connectivity index (χ1n) is 5.29. The molecule has 4 nitrogen and oxygen atoms in total. The van der Waals surface area contributed by atoms with Gasteiger partial charge in [-0.1, -0.05) is 0 Å². The van der Waals surface area contributed by atoms with Crippen LogP contribution in [0.15, 0.2) is 23.7 Å². The number of benzene rings is 1. The number of aromatic nitrogens is 1. The second-order valence-corrected chi connectivity index (χ2v) is 5.07.